The van der Waals surface area contributed by atoms with Gasteiger partial charge in [-0.1, -0.05) is 36.6 Å². The summed E-state index contributed by atoms with van der Waals surface area (Å²) >= 11 is 5.88. The number of amides is 7. The number of aryl methyl sites for hydroxylation is 1. The van der Waals surface area contributed by atoms with Gasteiger partial charge in [0.1, 0.15) is 12.4 Å². The van der Waals surface area contributed by atoms with Crippen molar-refractivity contribution in [3.05, 3.63) is 40.7 Å². The Morgan fingerprint density at radius 3 is 1.21 bits per heavy atom. The number of nitrogen functional groups attached to an aromatic ring is 2. The lowest BCUT2D eigenvalue weighted by molar-refractivity contribution is -0.123. The number of nitrogens with zero attached hydrogens (tertiary/aromatic N) is 4. The summed E-state index contributed by atoms with van der Waals surface area (Å²) < 4.78 is 6.15. The van der Waals surface area contributed by atoms with Crippen LogP contribution in [0.25, 0.3) is 0 Å². The van der Waals surface area contributed by atoms with Crippen LogP contribution in [0.1, 0.15) is 157 Å². The second-order valence-electron chi connectivity index (χ2n) is 22.8. The van der Waals surface area contributed by atoms with Gasteiger partial charge in [-0.25, -0.2) is 9.97 Å². The first-order chi connectivity index (χ1) is 43.7. The van der Waals surface area contributed by atoms with Crippen LogP contribution in [-0.2, 0) is 35.2 Å². The van der Waals surface area contributed by atoms with Crippen LogP contribution in [0.15, 0.2) is 29.3 Å². The molecule has 0 radical (unpaired) electrons. The second kappa shape index (κ2) is 49.1. The Balaban J connectivity index is 1.78. The summed E-state index contributed by atoms with van der Waals surface area (Å²) in [6.45, 7) is 6.23. The molecule has 1 heterocycles. The predicted molar refractivity (Wildman–Crippen MR) is 357 cm³/mol. The molecular weight excluding hydrogens is 1190 g/mol. The number of aromatic nitrogens is 2. The van der Waals surface area contributed by atoms with Crippen LogP contribution in [0.5, 0.6) is 5.75 Å². The third-order valence-corrected chi connectivity index (χ3v) is 15.2. The van der Waals surface area contributed by atoms with Crippen molar-refractivity contribution in [1.29, 1.82) is 0 Å². The van der Waals surface area contributed by atoms with Crippen molar-refractivity contribution in [2.24, 2.45) is 56.6 Å². The van der Waals surface area contributed by atoms with E-state index >= 15 is 0 Å². The fourth-order valence-corrected chi connectivity index (χ4v) is 9.39. The largest absolute Gasteiger partial charge is 0.492 e. The van der Waals surface area contributed by atoms with E-state index < -0.39 is 42.2 Å². The van der Waals surface area contributed by atoms with Crippen molar-refractivity contribution in [3.8, 4) is 5.75 Å². The average molecular weight is 1300 g/mol. The van der Waals surface area contributed by atoms with Gasteiger partial charge in [0.2, 0.25) is 35.4 Å². The smallest absolute Gasteiger partial charge is 0.280 e. The van der Waals surface area contributed by atoms with E-state index in [9.17, 15) is 33.6 Å². The molecule has 1 aromatic carbocycles. The molecule has 7 amide bonds. The highest BCUT2D eigenvalue weighted by atomic mass is 35.5. The number of halogens is 1. The molecule has 91 heavy (non-hydrogen) atoms. The molecule has 1 aromatic heterocycles. The molecule has 31 heteroatoms. The average Bonchev–Trinajstić information content (AvgIpc) is 2.31. The molecule has 2 rings (SSSR count). The normalized spacial score (nSPS) is 13.5. The van der Waals surface area contributed by atoms with Crippen molar-refractivity contribution in [3.63, 3.8) is 0 Å². The van der Waals surface area contributed by atoms with E-state index in [0.29, 0.717) is 200 Å². The Kier molecular flexibility index (Phi) is 43.4. The zero-order valence-electron chi connectivity index (χ0n) is 53.5. The number of carbonyl (C=O) groups excluding carboxylic acids is 7. The Morgan fingerprint density at radius 2 is 0.835 bits per heavy atom. The van der Waals surface area contributed by atoms with Crippen molar-refractivity contribution < 1.29 is 38.3 Å². The number of benzene rings is 1. The Morgan fingerprint density at radius 1 is 0.473 bits per heavy atom. The van der Waals surface area contributed by atoms with E-state index in [1.165, 1.54) is 0 Å². The lowest BCUT2D eigenvalue weighted by Gasteiger charge is -2.23. The van der Waals surface area contributed by atoms with E-state index in [4.69, 9.17) is 79.4 Å². The van der Waals surface area contributed by atoms with Gasteiger partial charge in [-0.15, -0.1) is 0 Å². The Hall–Kier alpha value is -6.61. The highest BCUT2D eigenvalue weighted by Crippen LogP contribution is 2.18. The van der Waals surface area contributed by atoms with Crippen LogP contribution in [0.4, 0.5) is 11.6 Å². The van der Waals surface area contributed by atoms with Gasteiger partial charge in [-0.3, -0.25) is 48.8 Å². The van der Waals surface area contributed by atoms with Crippen LogP contribution >= 0.6 is 11.6 Å². The minimum absolute atomic E-state index is 0.0965. The van der Waals surface area contributed by atoms with Gasteiger partial charge in [0.05, 0.1) is 36.3 Å². The van der Waals surface area contributed by atoms with Crippen LogP contribution in [-0.4, -0.2) is 184 Å². The van der Waals surface area contributed by atoms with Crippen LogP contribution in [0, 0.1) is 0 Å². The number of nitrogens with two attached hydrogens (primary N) is 11. The zero-order chi connectivity index (χ0) is 67.2. The van der Waals surface area contributed by atoms with Crippen LogP contribution < -0.4 is 105 Å². The summed E-state index contributed by atoms with van der Waals surface area (Å²) in [5, 5.41) is 19.5. The first kappa shape index (κ1) is 80.5. The standard InChI is InChI=1S/C60H111ClN22O8/c61-50-52(71)81-51(70)49(80-50)59(90)82-60(72)79-34-10-3-17-41-24-26-42(27-25-41)91-40-39-83(37-15-35-77-57(88)47(68)22-6-13-32-75-55(86)45(66)20-4-11-30-73-53(84)43(64)18-1-8-28-62)38-16-36-78-58(89)48(69)23-7-14-33-76-56(87)46(67)21-5-12-31-74-54(85)44(65)19-2-9-29-63/h24-27,43-48H,1-23,28-40,62-69H2,(H,73,84)(H,74,85)(H,75,86)(H,76,87)(H,77,88)(H,78,89)(H4,70,71,81)(H3,72,79,82,90)/t43-,44-,45-,46-,47-,48-/m0/s1. The highest BCUT2D eigenvalue weighted by molar-refractivity contribution is 6.31. The lowest BCUT2D eigenvalue weighted by Crippen LogP contribution is -2.43. The van der Waals surface area contributed by atoms with Crippen molar-refractivity contribution in [2.45, 2.75) is 184 Å². The summed E-state index contributed by atoms with van der Waals surface area (Å²) in [7, 11) is 0. The van der Waals surface area contributed by atoms with Crippen molar-refractivity contribution in [1.82, 2.24) is 52.1 Å². The summed E-state index contributed by atoms with van der Waals surface area (Å²) in [5.74, 6) is -1.80. The topological polar surface area (TPSA) is 541 Å². The summed E-state index contributed by atoms with van der Waals surface area (Å²) in [6, 6.07) is 3.94. The van der Waals surface area contributed by atoms with Gasteiger partial charge in [0, 0.05) is 52.4 Å². The lowest BCUT2D eigenvalue weighted by atomic mass is 10.1. The van der Waals surface area contributed by atoms with Gasteiger partial charge in [-0.2, -0.15) is 0 Å². The Labute approximate surface area is 542 Å². The third-order valence-electron chi connectivity index (χ3n) is 14.9. The monoisotopic (exact) mass is 1300 g/mol. The number of carbonyl (C=O) groups is 7. The molecule has 6 atom stereocenters. The molecule has 0 aliphatic carbocycles. The van der Waals surface area contributed by atoms with Gasteiger partial charge < -0.3 is 99.7 Å². The summed E-state index contributed by atoms with van der Waals surface area (Å²) in [6.07, 6.45) is 15.0. The quantitative estimate of drug-likeness (QED) is 0.0202. The second-order valence-corrected chi connectivity index (χ2v) is 23.1. The van der Waals surface area contributed by atoms with Gasteiger partial charge in [0.15, 0.2) is 28.4 Å². The Bertz CT molecular complexity index is 2360. The predicted octanol–water partition coefficient (Wildman–Crippen LogP) is -1.58. The van der Waals surface area contributed by atoms with Crippen molar-refractivity contribution >= 4 is 70.5 Å². The number of unbranched alkanes of at least 4 members (excludes halogenated alkanes) is 7. The molecule has 30 nitrogen and oxygen atoms in total. The molecule has 0 saturated carbocycles. The van der Waals surface area contributed by atoms with Gasteiger partial charge in [0.25, 0.3) is 5.91 Å². The van der Waals surface area contributed by atoms with Crippen LogP contribution in [0.3, 0.4) is 0 Å². The third kappa shape index (κ3) is 37.5. The van der Waals surface area contributed by atoms with E-state index in [1.54, 1.807) is 0 Å². The molecular formula is C60H111ClN22O8. The summed E-state index contributed by atoms with van der Waals surface area (Å²) in [5.41, 5.74) is 65.7. The maximum atomic E-state index is 13.0. The number of hydrogen-bond donors (Lipinski definition) is 18. The molecule has 0 spiro atoms. The maximum absolute atomic E-state index is 13.0. The molecule has 2 aromatic rings. The number of anilines is 2. The van der Waals surface area contributed by atoms with E-state index in [2.05, 4.69) is 57.1 Å². The molecule has 0 aliphatic rings. The summed E-state index contributed by atoms with van der Waals surface area (Å²) in [4.78, 5) is 102. The highest BCUT2D eigenvalue weighted by Gasteiger charge is 2.20. The number of rotatable bonds is 52. The number of guanidine groups is 1. The molecule has 0 unspecified atom stereocenters. The van der Waals surface area contributed by atoms with Crippen molar-refractivity contribution in [2.75, 3.05) is 96.6 Å². The first-order valence-corrected chi connectivity index (χ1v) is 32.8. The minimum Gasteiger partial charge on any atom is -0.492 e. The molecule has 0 saturated heterocycles. The molecule has 0 aliphatic heterocycles. The zero-order valence-corrected chi connectivity index (χ0v) is 54.3. The number of aliphatic imine (C=N–C) groups is 1. The van der Waals surface area contributed by atoms with E-state index in [0.717, 1.165) is 44.1 Å². The molecule has 516 valence electrons. The van der Waals surface area contributed by atoms with Crippen LogP contribution in [0.2, 0.25) is 5.15 Å². The number of hydrogen-bond acceptors (Lipinski definition) is 22. The minimum atomic E-state index is -0.716. The van der Waals surface area contributed by atoms with Gasteiger partial charge >= 0.3 is 0 Å². The fourth-order valence-electron chi connectivity index (χ4n) is 9.27. The van der Waals surface area contributed by atoms with E-state index in [1.807, 2.05) is 24.3 Å². The molecule has 0 bridgehead atoms. The maximum Gasteiger partial charge on any atom is 0.280 e. The number of nitrogens with one attached hydrogen (secondary N) is 7. The molecule has 29 N–H and O–H groups in total. The molecule has 0 fully saturated rings. The SMILES string of the molecule is NCCCC[C@H](N)C(=O)NCCCC[C@H](N)C(=O)NCCCC[C@H](N)C(=O)NCCCN(CCCNC(=O)[C@@H](N)CCCCNC(=O)[C@@H](N)CCCCNC(=O)[C@@H](N)CCCCN)CCOc1ccc(CCCCN=C(N)NC(=O)c2nc(Cl)c(N)nc2N)cc1. The first-order valence-electron chi connectivity index (χ1n) is 32.4. The van der Waals surface area contributed by atoms with E-state index in [-0.39, 0.29) is 63.9 Å². The van der Waals surface area contributed by atoms with Gasteiger partial charge in [-0.05, 0) is 179 Å². The fraction of sp³-hybridized carbons (Fsp3) is 0.700. The number of ether oxygens (including phenoxy) is 1.